The highest BCUT2D eigenvalue weighted by Gasteiger charge is 2.30. The van der Waals surface area contributed by atoms with Gasteiger partial charge in [-0.2, -0.15) is 0 Å². The van der Waals surface area contributed by atoms with Crippen molar-refractivity contribution in [1.82, 2.24) is 0 Å². The number of benzene rings is 2. The number of carbonyl (C=O) groups is 1. The molecule has 1 aliphatic carbocycles. The van der Waals surface area contributed by atoms with Gasteiger partial charge in [-0.1, -0.05) is 12.1 Å². The van der Waals surface area contributed by atoms with Gasteiger partial charge < -0.3 is 24.1 Å². The van der Waals surface area contributed by atoms with E-state index in [4.69, 9.17) is 18.9 Å². The third kappa shape index (κ3) is 4.92. The number of aromatic carboxylic acids is 1. The van der Waals surface area contributed by atoms with Crippen molar-refractivity contribution in [3.05, 3.63) is 58.7 Å². The Balaban J connectivity index is 1.25. The van der Waals surface area contributed by atoms with E-state index in [1.165, 1.54) is 5.56 Å². The van der Waals surface area contributed by atoms with Gasteiger partial charge in [-0.3, -0.25) is 0 Å². The molecule has 6 heteroatoms. The van der Waals surface area contributed by atoms with Gasteiger partial charge in [-0.15, -0.1) is 0 Å². The van der Waals surface area contributed by atoms with Crippen molar-refractivity contribution in [2.24, 2.45) is 0 Å². The fraction of sp³-hybridized carbons (Fsp3) is 0.500. The van der Waals surface area contributed by atoms with E-state index in [0.29, 0.717) is 24.7 Å². The average Bonchev–Trinajstić information content (AvgIpc) is 3.72. The highest BCUT2D eigenvalue weighted by molar-refractivity contribution is 5.90. The molecule has 0 amide bonds. The van der Waals surface area contributed by atoms with Crippen LogP contribution in [0.3, 0.4) is 0 Å². The fourth-order valence-electron chi connectivity index (χ4n) is 4.83. The van der Waals surface area contributed by atoms with Crippen LogP contribution in [0.4, 0.5) is 0 Å². The molecule has 2 unspecified atom stereocenters. The SMILES string of the molecule is Cc1c(OCC2CO2)ccc(C(=O)O)c1C1CCC(c2ccc(OCC3CO3)cc2)CC1. The summed E-state index contributed by atoms with van der Waals surface area (Å²) in [5, 5.41) is 9.80. The van der Waals surface area contributed by atoms with Crippen LogP contribution in [-0.2, 0) is 9.47 Å². The van der Waals surface area contributed by atoms with Crippen LogP contribution in [0.15, 0.2) is 36.4 Å². The second-order valence-corrected chi connectivity index (χ2v) is 9.11. The molecule has 2 atom stereocenters. The lowest BCUT2D eigenvalue weighted by molar-refractivity contribution is 0.0694. The highest BCUT2D eigenvalue weighted by Crippen LogP contribution is 2.44. The minimum absolute atomic E-state index is 0.172. The van der Waals surface area contributed by atoms with E-state index in [1.807, 2.05) is 19.1 Å². The van der Waals surface area contributed by atoms with Crippen molar-refractivity contribution in [3.8, 4) is 11.5 Å². The molecule has 2 aliphatic heterocycles. The maximum absolute atomic E-state index is 11.9. The van der Waals surface area contributed by atoms with Gasteiger partial charge in [0, 0.05) is 0 Å². The zero-order valence-corrected chi connectivity index (χ0v) is 18.4. The van der Waals surface area contributed by atoms with Gasteiger partial charge in [-0.05, 0) is 85.4 Å². The molecule has 6 nitrogen and oxygen atoms in total. The molecular formula is C26H30O6. The fourth-order valence-corrected chi connectivity index (χ4v) is 4.83. The summed E-state index contributed by atoms with van der Waals surface area (Å²) in [5.74, 6) is 1.52. The first-order valence-electron chi connectivity index (χ1n) is 11.5. The number of hydrogen-bond acceptors (Lipinski definition) is 5. The predicted molar refractivity (Wildman–Crippen MR) is 119 cm³/mol. The molecule has 0 radical (unpaired) electrons. The Bertz CT molecular complexity index is 953. The molecule has 0 aromatic heterocycles. The first kappa shape index (κ1) is 21.3. The maximum atomic E-state index is 11.9. The molecule has 0 spiro atoms. The second kappa shape index (κ2) is 9.12. The van der Waals surface area contributed by atoms with Crippen LogP contribution in [0.2, 0.25) is 0 Å². The third-order valence-corrected chi connectivity index (χ3v) is 6.85. The van der Waals surface area contributed by atoms with Gasteiger partial charge in [0.05, 0.1) is 18.8 Å². The van der Waals surface area contributed by atoms with Gasteiger partial charge in [0.2, 0.25) is 0 Å². The lowest BCUT2D eigenvalue weighted by Crippen LogP contribution is -2.17. The molecule has 2 heterocycles. The number of rotatable bonds is 9. The van der Waals surface area contributed by atoms with E-state index in [2.05, 4.69) is 12.1 Å². The van der Waals surface area contributed by atoms with E-state index in [-0.39, 0.29) is 18.1 Å². The van der Waals surface area contributed by atoms with Gasteiger partial charge in [0.25, 0.3) is 0 Å². The molecule has 1 N–H and O–H groups in total. The molecule has 5 rings (SSSR count). The molecular weight excluding hydrogens is 408 g/mol. The lowest BCUT2D eigenvalue weighted by atomic mass is 9.74. The summed E-state index contributed by atoms with van der Waals surface area (Å²) in [6, 6.07) is 11.9. The Labute approximate surface area is 188 Å². The molecule has 3 fully saturated rings. The quantitative estimate of drug-likeness (QED) is 0.572. The zero-order chi connectivity index (χ0) is 22.1. The van der Waals surface area contributed by atoms with Gasteiger partial charge >= 0.3 is 5.97 Å². The number of ether oxygens (including phenoxy) is 4. The molecule has 1 saturated carbocycles. The second-order valence-electron chi connectivity index (χ2n) is 9.11. The van der Waals surface area contributed by atoms with E-state index in [1.54, 1.807) is 12.1 Å². The van der Waals surface area contributed by atoms with Gasteiger partial charge in [-0.25, -0.2) is 4.79 Å². The molecule has 32 heavy (non-hydrogen) atoms. The number of carboxylic acids is 1. The predicted octanol–water partition coefficient (Wildman–Crippen LogP) is 4.69. The summed E-state index contributed by atoms with van der Waals surface area (Å²) < 4.78 is 22.1. The van der Waals surface area contributed by atoms with Crippen LogP contribution in [0.5, 0.6) is 11.5 Å². The van der Waals surface area contributed by atoms with Crippen LogP contribution in [0.1, 0.15) is 64.6 Å². The van der Waals surface area contributed by atoms with Crippen molar-refractivity contribution >= 4 is 5.97 Å². The third-order valence-electron chi connectivity index (χ3n) is 6.85. The lowest BCUT2D eigenvalue weighted by Gasteiger charge is -2.31. The largest absolute Gasteiger partial charge is 0.491 e. The minimum Gasteiger partial charge on any atom is -0.491 e. The summed E-state index contributed by atoms with van der Waals surface area (Å²) in [6.07, 6.45) is 4.46. The Morgan fingerprint density at radius 1 is 0.906 bits per heavy atom. The maximum Gasteiger partial charge on any atom is 0.335 e. The first-order chi connectivity index (χ1) is 15.6. The van der Waals surface area contributed by atoms with Crippen molar-refractivity contribution in [1.29, 1.82) is 0 Å². The van der Waals surface area contributed by atoms with E-state index in [0.717, 1.165) is 61.5 Å². The Hall–Kier alpha value is -2.57. The molecule has 2 saturated heterocycles. The summed E-state index contributed by atoms with van der Waals surface area (Å²) in [5.41, 5.74) is 3.63. The van der Waals surface area contributed by atoms with Crippen LogP contribution in [0, 0.1) is 6.92 Å². The number of carboxylic acid groups (broad SMARTS) is 1. The number of epoxide rings is 2. The Kier molecular flexibility index (Phi) is 6.07. The normalized spacial score (nSPS) is 26.4. The Morgan fingerprint density at radius 3 is 2.09 bits per heavy atom. The molecule has 170 valence electrons. The Morgan fingerprint density at radius 2 is 1.50 bits per heavy atom. The molecule has 2 aromatic carbocycles. The van der Waals surface area contributed by atoms with E-state index < -0.39 is 5.97 Å². The first-order valence-corrected chi connectivity index (χ1v) is 11.5. The monoisotopic (exact) mass is 438 g/mol. The minimum atomic E-state index is -0.866. The van der Waals surface area contributed by atoms with Crippen molar-refractivity contribution in [2.75, 3.05) is 26.4 Å². The van der Waals surface area contributed by atoms with Gasteiger partial charge in [0.1, 0.15) is 36.9 Å². The molecule has 0 bridgehead atoms. The summed E-state index contributed by atoms with van der Waals surface area (Å²) in [7, 11) is 0. The zero-order valence-electron chi connectivity index (χ0n) is 18.4. The van der Waals surface area contributed by atoms with E-state index >= 15 is 0 Å². The van der Waals surface area contributed by atoms with Crippen LogP contribution in [-0.4, -0.2) is 49.7 Å². The van der Waals surface area contributed by atoms with E-state index in [9.17, 15) is 9.90 Å². The summed E-state index contributed by atoms with van der Waals surface area (Å²) in [4.78, 5) is 11.9. The van der Waals surface area contributed by atoms with Crippen molar-refractivity contribution < 1.29 is 28.8 Å². The van der Waals surface area contributed by atoms with Crippen LogP contribution in [0.25, 0.3) is 0 Å². The topological polar surface area (TPSA) is 80.8 Å². The standard InChI is InChI=1S/C26H30O6/c1-16-24(32-15-22-14-31-22)11-10-23(26(27)28)25(16)19-4-2-17(3-5-19)18-6-8-20(9-7-18)29-12-21-13-30-21/h6-11,17,19,21-22H,2-5,12-15H2,1H3,(H,27,28). The molecule has 3 aliphatic rings. The summed E-state index contributed by atoms with van der Waals surface area (Å²) >= 11 is 0. The van der Waals surface area contributed by atoms with Crippen LogP contribution >= 0.6 is 0 Å². The smallest absolute Gasteiger partial charge is 0.335 e. The number of hydrogen-bond donors (Lipinski definition) is 1. The average molecular weight is 439 g/mol. The summed E-state index contributed by atoms with van der Waals surface area (Å²) in [6.45, 7) is 4.67. The molecule has 2 aromatic rings. The van der Waals surface area contributed by atoms with Crippen molar-refractivity contribution in [3.63, 3.8) is 0 Å². The van der Waals surface area contributed by atoms with Crippen LogP contribution < -0.4 is 9.47 Å². The van der Waals surface area contributed by atoms with Crippen molar-refractivity contribution in [2.45, 2.75) is 56.7 Å². The highest BCUT2D eigenvalue weighted by atomic mass is 16.6. The van der Waals surface area contributed by atoms with Gasteiger partial charge in [0.15, 0.2) is 0 Å².